The number of amides is 2. The third kappa shape index (κ3) is 2.34. The molecule has 3 rings (SSSR count). The lowest BCUT2D eigenvalue weighted by Crippen LogP contribution is -2.34. The van der Waals surface area contributed by atoms with Crippen LogP contribution in [0.2, 0.25) is 10.0 Å². The number of hydrogen-bond acceptors (Lipinski definition) is 3. The third-order valence-electron chi connectivity index (χ3n) is 3.39. The van der Waals surface area contributed by atoms with Crippen LogP contribution in [0.4, 0.5) is 5.69 Å². The first kappa shape index (κ1) is 14.6. The first-order chi connectivity index (χ1) is 8.58. The number of benzene rings is 1. The molecule has 7 heteroatoms. The smallest absolute Gasteiger partial charge is 0.239 e. The third-order valence-corrected chi connectivity index (χ3v) is 3.83. The normalized spacial score (nSPS) is 25.5. The number of rotatable bonds is 1. The summed E-state index contributed by atoms with van der Waals surface area (Å²) in [5.41, 5.74) is 0.455. The molecule has 2 saturated heterocycles. The van der Waals surface area contributed by atoms with Crippen molar-refractivity contribution in [3.63, 3.8) is 0 Å². The van der Waals surface area contributed by atoms with Gasteiger partial charge < -0.3 is 5.32 Å². The topological polar surface area (TPSA) is 49.4 Å². The van der Waals surface area contributed by atoms with Crippen LogP contribution in [-0.4, -0.2) is 24.9 Å². The average Bonchev–Trinajstić information content (AvgIpc) is 2.83. The number of fused-ring (bicyclic) bond motifs is 1. The zero-order valence-corrected chi connectivity index (χ0v) is 12.1. The van der Waals surface area contributed by atoms with Gasteiger partial charge in [-0.2, -0.15) is 0 Å². The summed E-state index contributed by atoms with van der Waals surface area (Å²) in [7, 11) is 0. The van der Waals surface area contributed by atoms with Gasteiger partial charge in [0.2, 0.25) is 11.8 Å². The largest absolute Gasteiger partial charge is 0.315 e. The molecule has 1 aromatic rings. The Labute approximate surface area is 126 Å². The van der Waals surface area contributed by atoms with Crippen molar-refractivity contribution in [1.29, 1.82) is 0 Å². The monoisotopic (exact) mass is 320 g/mol. The number of nitrogens with zero attached hydrogens (tertiary/aromatic N) is 1. The van der Waals surface area contributed by atoms with Crippen molar-refractivity contribution in [2.75, 3.05) is 18.0 Å². The van der Waals surface area contributed by atoms with Gasteiger partial charge in [-0.1, -0.05) is 23.2 Å². The van der Waals surface area contributed by atoms with Gasteiger partial charge in [0.15, 0.2) is 0 Å². The summed E-state index contributed by atoms with van der Waals surface area (Å²) in [5.74, 6) is -0.854. The molecule has 2 heterocycles. The van der Waals surface area contributed by atoms with Crippen molar-refractivity contribution in [2.24, 2.45) is 11.8 Å². The lowest BCUT2D eigenvalue weighted by Gasteiger charge is -2.16. The minimum atomic E-state index is -0.254. The van der Waals surface area contributed by atoms with E-state index in [9.17, 15) is 9.59 Å². The van der Waals surface area contributed by atoms with Crippen LogP contribution in [0, 0.1) is 11.8 Å². The Bertz CT molecular complexity index is 508. The van der Waals surface area contributed by atoms with Crippen molar-refractivity contribution >= 4 is 53.1 Å². The summed E-state index contributed by atoms with van der Waals surface area (Å²) in [6.07, 6.45) is 0. The molecule has 1 aromatic carbocycles. The van der Waals surface area contributed by atoms with Gasteiger partial charge in [-0.3, -0.25) is 9.59 Å². The van der Waals surface area contributed by atoms with Crippen molar-refractivity contribution in [2.45, 2.75) is 0 Å². The quantitative estimate of drug-likeness (QED) is 0.806. The summed E-state index contributed by atoms with van der Waals surface area (Å²) in [4.78, 5) is 25.6. The molecule has 2 aliphatic heterocycles. The number of nitrogens with one attached hydrogen (secondary N) is 1. The van der Waals surface area contributed by atoms with Crippen LogP contribution in [-0.2, 0) is 9.59 Å². The van der Waals surface area contributed by atoms with Gasteiger partial charge in [0, 0.05) is 23.1 Å². The van der Waals surface area contributed by atoms with Crippen LogP contribution in [0.25, 0.3) is 0 Å². The predicted molar refractivity (Wildman–Crippen MR) is 76.1 cm³/mol. The Balaban J connectivity index is 0.00000133. The van der Waals surface area contributed by atoms with E-state index < -0.39 is 0 Å². The van der Waals surface area contributed by atoms with E-state index in [2.05, 4.69) is 5.32 Å². The van der Waals surface area contributed by atoms with Crippen LogP contribution in [0.15, 0.2) is 18.2 Å². The van der Waals surface area contributed by atoms with Crippen LogP contribution < -0.4 is 10.2 Å². The average molecular weight is 322 g/mol. The van der Waals surface area contributed by atoms with E-state index in [0.29, 0.717) is 28.8 Å². The summed E-state index contributed by atoms with van der Waals surface area (Å²) < 4.78 is 0. The molecule has 1 N–H and O–H groups in total. The second kappa shape index (κ2) is 5.29. The van der Waals surface area contributed by atoms with Gasteiger partial charge in [0.25, 0.3) is 0 Å². The fourth-order valence-electron chi connectivity index (χ4n) is 2.56. The molecule has 2 amide bonds. The van der Waals surface area contributed by atoms with Gasteiger partial charge in [-0.25, -0.2) is 4.90 Å². The summed E-state index contributed by atoms with van der Waals surface area (Å²) in [6, 6.07) is 4.73. The maximum Gasteiger partial charge on any atom is 0.239 e. The maximum absolute atomic E-state index is 12.2. The van der Waals surface area contributed by atoms with E-state index in [1.165, 1.54) is 4.90 Å². The van der Waals surface area contributed by atoms with E-state index in [1.54, 1.807) is 18.2 Å². The molecule has 2 unspecified atom stereocenters. The van der Waals surface area contributed by atoms with Crippen molar-refractivity contribution < 1.29 is 9.59 Å². The molecule has 2 atom stereocenters. The second-order valence-electron chi connectivity index (χ2n) is 4.51. The van der Waals surface area contributed by atoms with Crippen molar-refractivity contribution in [3.8, 4) is 0 Å². The highest BCUT2D eigenvalue weighted by molar-refractivity contribution is 6.35. The Morgan fingerprint density at radius 3 is 1.95 bits per heavy atom. The Morgan fingerprint density at radius 2 is 1.47 bits per heavy atom. The Morgan fingerprint density at radius 1 is 1.00 bits per heavy atom. The molecule has 0 bridgehead atoms. The van der Waals surface area contributed by atoms with Gasteiger partial charge in [-0.05, 0) is 18.2 Å². The van der Waals surface area contributed by atoms with Crippen LogP contribution in [0.5, 0.6) is 0 Å². The highest BCUT2D eigenvalue weighted by atomic mass is 35.5. The molecule has 0 radical (unpaired) electrons. The fraction of sp³-hybridized carbons (Fsp3) is 0.333. The minimum Gasteiger partial charge on any atom is -0.315 e. The van der Waals surface area contributed by atoms with Crippen LogP contribution in [0.1, 0.15) is 0 Å². The van der Waals surface area contributed by atoms with E-state index in [4.69, 9.17) is 23.2 Å². The molecule has 102 valence electrons. The molecular weight excluding hydrogens is 311 g/mol. The molecule has 4 nitrogen and oxygen atoms in total. The molecule has 0 aromatic heterocycles. The highest BCUT2D eigenvalue weighted by Crippen LogP contribution is 2.35. The minimum absolute atomic E-state index is 0. The standard InChI is InChI=1S/C12H10Cl2N2O2.ClH/c13-6-1-7(14)3-8(2-6)16-11(17)9-4-15-5-10(9)12(16)18;/h1-3,9-10,15H,4-5H2;1H. The number of carbonyl (C=O) groups is 2. The van der Waals surface area contributed by atoms with Crippen molar-refractivity contribution in [1.82, 2.24) is 5.32 Å². The molecule has 0 spiro atoms. The number of imide groups is 1. The molecular formula is C12H11Cl3N2O2. The number of halogens is 3. The molecule has 0 aliphatic carbocycles. The van der Waals surface area contributed by atoms with Crippen LogP contribution >= 0.6 is 35.6 Å². The molecule has 0 saturated carbocycles. The van der Waals surface area contributed by atoms with E-state index in [0.717, 1.165) is 0 Å². The van der Waals surface area contributed by atoms with E-state index in [1.807, 2.05) is 0 Å². The summed E-state index contributed by atoms with van der Waals surface area (Å²) in [6.45, 7) is 1.11. The Hall–Kier alpha value is -0.810. The molecule has 19 heavy (non-hydrogen) atoms. The van der Waals surface area contributed by atoms with E-state index >= 15 is 0 Å². The summed E-state index contributed by atoms with van der Waals surface area (Å²) >= 11 is 11.8. The van der Waals surface area contributed by atoms with Gasteiger partial charge in [0.05, 0.1) is 17.5 Å². The van der Waals surface area contributed by atoms with Gasteiger partial charge in [0.1, 0.15) is 0 Å². The zero-order chi connectivity index (χ0) is 12.9. The SMILES string of the molecule is Cl.O=C1C2CNCC2C(=O)N1c1cc(Cl)cc(Cl)c1. The second-order valence-corrected chi connectivity index (χ2v) is 5.38. The Kier molecular flexibility index (Phi) is 4.06. The predicted octanol–water partition coefficient (Wildman–Crippen LogP) is 2.12. The van der Waals surface area contributed by atoms with Crippen LogP contribution in [0.3, 0.4) is 0 Å². The lowest BCUT2D eigenvalue weighted by atomic mass is 10.00. The fourth-order valence-corrected chi connectivity index (χ4v) is 3.08. The molecule has 2 aliphatic rings. The highest BCUT2D eigenvalue weighted by Gasteiger charge is 2.50. The van der Waals surface area contributed by atoms with Gasteiger partial charge in [-0.15, -0.1) is 12.4 Å². The number of hydrogen-bond donors (Lipinski definition) is 1. The number of carbonyl (C=O) groups excluding carboxylic acids is 2. The lowest BCUT2D eigenvalue weighted by molar-refractivity contribution is -0.122. The zero-order valence-electron chi connectivity index (χ0n) is 9.73. The van der Waals surface area contributed by atoms with Crippen molar-refractivity contribution in [3.05, 3.63) is 28.2 Å². The van der Waals surface area contributed by atoms with Gasteiger partial charge >= 0.3 is 0 Å². The first-order valence-corrected chi connectivity index (χ1v) is 6.38. The van der Waals surface area contributed by atoms with E-state index in [-0.39, 0.29) is 36.1 Å². The maximum atomic E-state index is 12.2. The molecule has 2 fully saturated rings. The number of anilines is 1. The summed E-state index contributed by atoms with van der Waals surface area (Å²) in [5, 5.41) is 3.88. The first-order valence-electron chi connectivity index (χ1n) is 5.62.